The summed E-state index contributed by atoms with van der Waals surface area (Å²) < 4.78 is 5.69. The van der Waals surface area contributed by atoms with Crippen LogP contribution in [0, 0.1) is 6.92 Å². The highest BCUT2D eigenvalue weighted by Gasteiger charge is 2.26. The van der Waals surface area contributed by atoms with E-state index < -0.39 is 12.2 Å². The first-order valence-corrected chi connectivity index (χ1v) is 7.76. The Bertz CT molecular complexity index is 506. The van der Waals surface area contributed by atoms with Crippen molar-refractivity contribution in [2.75, 3.05) is 0 Å². The van der Waals surface area contributed by atoms with Crippen LogP contribution in [-0.2, 0) is 4.79 Å². The lowest BCUT2D eigenvalue weighted by Gasteiger charge is -2.29. The van der Waals surface area contributed by atoms with Crippen LogP contribution in [0.1, 0.15) is 38.2 Å². The largest absolute Gasteiger partial charge is 0.481 e. The number of aliphatic hydroxyl groups excluding tert-OH is 1. The van der Waals surface area contributed by atoms with Gasteiger partial charge in [0.1, 0.15) is 5.75 Å². The number of aryl methyl sites for hydroxylation is 1. The highest BCUT2D eigenvalue weighted by atomic mass is 35.5. The lowest BCUT2D eigenvalue weighted by atomic mass is 9.92. The molecule has 2 N–H and O–H groups in total. The summed E-state index contributed by atoms with van der Waals surface area (Å²) in [6.07, 6.45) is 2.55. The summed E-state index contributed by atoms with van der Waals surface area (Å²) in [7, 11) is 0. The highest BCUT2D eigenvalue weighted by molar-refractivity contribution is 6.30. The van der Waals surface area contributed by atoms with Crippen LogP contribution in [0.3, 0.4) is 0 Å². The van der Waals surface area contributed by atoms with Crippen molar-refractivity contribution in [3.05, 3.63) is 28.8 Å². The molecule has 1 aromatic rings. The minimum absolute atomic E-state index is 0.163. The van der Waals surface area contributed by atoms with E-state index in [0.717, 1.165) is 31.2 Å². The highest BCUT2D eigenvalue weighted by Crippen LogP contribution is 2.23. The van der Waals surface area contributed by atoms with Crippen LogP contribution in [0.4, 0.5) is 0 Å². The van der Waals surface area contributed by atoms with Crippen molar-refractivity contribution in [1.82, 2.24) is 5.32 Å². The molecule has 21 heavy (non-hydrogen) atoms. The van der Waals surface area contributed by atoms with Crippen molar-refractivity contribution in [3.63, 3.8) is 0 Å². The Morgan fingerprint density at radius 1 is 1.43 bits per heavy atom. The maximum absolute atomic E-state index is 12.2. The lowest BCUT2D eigenvalue weighted by Crippen LogP contribution is -2.49. The fourth-order valence-electron chi connectivity index (χ4n) is 2.57. The second-order valence-corrected chi connectivity index (χ2v) is 6.07. The summed E-state index contributed by atoms with van der Waals surface area (Å²) >= 11 is 5.90. The number of ether oxygens (including phenoxy) is 1. The zero-order chi connectivity index (χ0) is 15.4. The van der Waals surface area contributed by atoms with Crippen molar-refractivity contribution < 1.29 is 14.6 Å². The molecule has 0 saturated heterocycles. The molecule has 116 valence electrons. The molecule has 1 aliphatic carbocycles. The number of aliphatic hydroxyl groups is 1. The third-order valence-electron chi connectivity index (χ3n) is 3.87. The van der Waals surface area contributed by atoms with Crippen LogP contribution in [0.2, 0.25) is 5.02 Å². The molecule has 1 aromatic carbocycles. The molecule has 0 heterocycles. The van der Waals surface area contributed by atoms with E-state index >= 15 is 0 Å². The standard InChI is InChI=1S/C16H22ClNO3/c1-10-9-12(17)7-8-15(10)21-11(2)16(20)18-13-5-3-4-6-14(13)19/h7-9,11,13-14,19H,3-6H2,1-2H3,(H,18,20). The number of amides is 1. The zero-order valence-corrected chi connectivity index (χ0v) is 13.2. The second-order valence-electron chi connectivity index (χ2n) is 5.64. The maximum atomic E-state index is 12.2. The molecule has 0 aliphatic heterocycles. The van der Waals surface area contributed by atoms with Gasteiger partial charge in [-0.15, -0.1) is 0 Å². The maximum Gasteiger partial charge on any atom is 0.261 e. The average Bonchev–Trinajstić information content (AvgIpc) is 2.44. The molecule has 2 rings (SSSR count). The van der Waals surface area contributed by atoms with Gasteiger partial charge in [-0.3, -0.25) is 4.79 Å². The van der Waals surface area contributed by atoms with Gasteiger partial charge >= 0.3 is 0 Å². The van der Waals surface area contributed by atoms with E-state index in [1.807, 2.05) is 6.92 Å². The Kier molecular flexibility index (Phi) is 5.48. The van der Waals surface area contributed by atoms with Crippen LogP contribution in [0.25, 0.3) is 0 Å². The summed E-state index contributed by atoms with van der Waals surface area (Å²) in [4.78, 5) is 12.2. The van der Waals surface area contributed by atoms with Crippen LogP contribution in [0.15, 0.2) is 18.2 Å². The van der Waals surface area contributed by atoms with E-state index in [4.69, 9.17) is 16.3 Å². The van der Waals surface area contributed by atoms with Gasteiger partial charge in [-0.05, 0) is 50.5 Å². The number of carbonyl (C=O) groups is 1. The predicted molar refractivity (Wildman–Crippen MR) is 82.7 cm³/mol. The van der Waals surface area contributed by atoms with Gasteiger partial charge in [0.05, 0.1) is 12.1 Å². The van der Waals surface area contributed by atoms with Crippen LogP contribution < -0.4 is 10.1 Å². The van der Waals surface area contributed by atoms with Crippen molar-refractivity contribution in [2.24, 2.45) is 0 Å². The Morgan fingerprint density at radius 3 is 2.81 bits per heavy atom. The summed E-state index contributed by atoms with van der Waals surface area (Å²) in [6.45, 7) is 3.59. The molecule has 5 heteroatoms. The third kappa shape index (κ3) is 4.35. The molecule has 1 saturated carbocycles. The third-order valence-corrected chi connectivity index (χ3v) is 4.10. The SMILES string of the molecule is Cc1cc(Cl)ccc1OC(C)C(=O)NC1CCCCC1O. The van der Waals surface area contributed by atoms with Gasteiger partial charge in [0, 0.05) is 5.02 Å². The van der Waals surface area contributed by atoms with Crippen molar-refractivity contribution >= 4 is 17.5 Å². The van der Waals surface area contributed by atoms with Crippen LogP contribution in [0.5, 0.6) is 5.75 Å². The van der Waals surface area contributed by atoms with E-state index in [1.54, 1.807) is 25.1 Å². The van der Waals surface area contributed by atoms with E-state index in [1.165, 1.54) is 0 Å². The van der Waals surface area contributed by atoms with Gasteiger partial charge in [0.15, 0.2) is 6.10 Å². The normalized spacial score (nSPS) is 23.4. The zero-order valence-electron chi connectivity index (χ0n) is 12.4. The predicted octanol–water partition coefficient (Wildman–Crippen LogP) is 2.84. The summed E-state index contributed by atoms with van der Waals surface area (Å²) in [5, 5.41) is 13.4. The Labute approximate surface area is 130 Å². The van der Waals surface area contributed by atoms with Crippen LogP contribution in [-0.4, -0.2) is 29.3 Å². The van der Waals surface area contributed by atoms with E-state index in [-0.39, 0.29) is 11.9 Å². The Balaban J connectivity index is 1.92. The van der Waals surface area contributed by atoms with Gasteiger partial charge in [0.25, 0.3) is 5.91 Å². The molecule has 1 amide bonds. The number of nitrogens with one attached hydrogen (secondary N) is 1. The first-order chi connectivity index (χ1) is 9.97. The number of hydrogen-bond acceptors (Lipinski definition) is 3. The average molecular weight is 312 g/mol. The topological polar surface area (TPSA) is 58.6 Å². The molecule has 0 radical (unpaired) electrons. The number of halogens is 1. The van der Waals surface area contributed by atoms with Crippen molar-refractivity contribution in [3.8, 4) is 5.75 Å². The molecule has 1 aliphatic rings. The van der Waals surface area contributed by atoms with E-state index in [0.29, 0.717) is 10.8 Å². The summed E-state index contributed by atoms with van der Waals surface area (Å²) in [6, 6.07) is 5.13. The molecule has 3 atom stereocenters. The molecule has 0 aromatic heterocycles. The molecular formula is C16H22ClNO3. The molecule has 1 fully saturated rings. The number of rotatable bonds is 4. The summed E-state index contributed by atoms with van der Waals surface area (Å²) in [5.41, 5.74) is 0.889. The van der Waals surface area contributed by atoms with Gasteiger partial charge in [-0.1, -0.05) is 24.4 Å². The molecular weight excluding hydrogens is 290 g/mol. The van der Waals surface area contributed by atoms with E-state index in [9.17, 15) is 9.90 Å². The summed E-state index contributed by atoms with van der Waals surface area (Å²) in [5.74, 6) is 0.446. The van der Waals surface area contributed by atoms with Crippen LogP contribution >= 0.6 is 11.6 Å². The first-order valence-electron chi connectivity index (χ1n) is 7.38. The number of carbonyl (C=O) groups excluding carboxylic acids is 1. The Hall–Kier alpha value is -1.26. The van der Waals surface area contributed by atoms with Crippen molar-refractivity contribution in [1.29, 1.82) is 0 Å². The van der Waals surface area contributed by atoms with Crippen molar-refractivity contribution in [2.45, 2.75) is 57.8 Å². The molecule has 0 bridgehead atoms. The second kappa shape index (κ2) is 7.14. The molecule has 4 nitrogen and oxygen atoms in total. The lowest BCUT2D eigenvalue weighted by molar-refractivity contribution is -0.129. The fraction of sp³-hybridized carbons (Fsp3) is 0.562. The fourth-order valence-corrected chi connectivity index (χ4v) is 2.80. The van der Waals surface area contributed by atoms with E-state index in [2.05, 4.69) is 5.32 Å². The minimum Gasteiger partial charge on any atom is -0.481 e. The molecule has 0 spiro atoms. The van der Waals surface area contributed by atoms with Gasteiger partial charge in [0.2, 0.25) is 0 Å². The monoisotopic (exact) mass is 311 g/mol. The Morgan fingerprint density at radius 2 is 2.14 bits per heavy atom. The van der Waals surface area contributed by atoms with Gasteiger partial charge in [-0.2, -0.15) is 0 Å². The smallest absolute Gasteiger partial charge is 0.261 e. The minimum atomic E-state index is -0.612. The van der Waals surface area contributed by atoms with Gasteiger partial charge < -0.3 is 15.2 Å². The van der Waals surface area contributed by atoms with Gasteiger partial charge in [-0.25, -0.2) is 0 Å². The molecule has 3 unspecified atom stereocenters. The number of benzene rings is 1. The quantitative estimate of drug-likeness (QED) is 0.899. The number of hydrogen-bond donors (Lipinski definition) is 2. The first kappa shape index (κ1) is 16.1.